The van der Waals surface area contributed by atoms with Crippen molar-refractivity contribution in [3.63, 3.8) is 0 Å². The molecular formula is C24H29N3OS. The highest BCUT2D eigenvalue weighted by Gasteiger charge is 2.29. The molecule has 1 aromatic carbocycles. The van der Waals surface area contributed by atoms with Gasteiger partial charge in [0.25, 0.3) is 0 Å². The van der Waals surface area contributed by atoms with Gasteiger partial charge >= 0.3 is 0 Å². The fourth-order valence-corrected chi connectivity index (χ4v) is 4.30. The summed E-state index contributed by atoms with van der Waals surface area (Å²) in [7, 11) is 0. The van der Waals surface area contributed by atoms with Crippen LogP contribution < -0.4 is 16.0 Å². The van der Waals surface area contributed by atoms with Crippen LogP contribution in [0.5, 0.6) is 0 Å². The lowest BCUT2D eigenvalue weighted by Gasteiger charge is -2.29. The molecule has 1 fully saturated rings. The molecule has 0 radical (unpaired) electrons. The van der Waals surface area contributed by atoms with Gasteiger partial charge in [-0.25, -0.2) is 0 Å². The molecule has 3 aliphatic rings. The molecule has 4 rings (SSSR count). The van der Waals surface area contributed by atoms with Crippen molar-refractivity contribution < 1.29 is 4.74 Å². The van der Waals surface area contributed by atoms with Gasteiger partial charge in [-0.1, -0.05) is 24.3 Å². The van der Waals surface area contributed by atoms with Crippen molar-refractivity contribution in [3.8, 4) is 0 Å². The van der Waals surface area contributed by atoms with Gasteiger partial charge in [-0.05, 0) is 61.6 Å². The molecule has 4 nitrogen and oxygen atoms in total. The minimum absolute atomic E-state index is 0.0348. The van der Waals surface area contributed by atoms with Gasteiger partial charge in [-0.3, -0.25) is 0 Å². The lowest BCUT2D eigenvalue weighted by molar-refractivity contribution is 0.323. The topological polar surface area (TPSA) is 50.5 Å². The second-order valence-corrected chi connectivity index (χ2v) is 8.38. The van der Waals surface area contributed by atoms with Crippen molar-refractivity contribution in [2.24, 2.45) is 5.73 Å². The van der Waals surface area contributed by atoms with Gasteiger partial charge in [0.2, 0.25) is 0 Å². The number of rotatable bonds is 6. The number of anilines is 1. The summed E-state index contributed by atoms with van der Waals surface area (Å²) < 4.78 is 6.31. The molecule has 1 saturated heterocycles. The second-order valence-electron chi connectivity index (χ2n) is 7.47. The van der Waals surface area contributed by atoms with Crippen LogP contribution in [0.15, 0.2) is 78.1 Å². The van der Waals surface area contributed by atoms with Crippen LogP contribution in [0, 0.1) is 0 Å². The Kier molecular flexibility index (Phi) is 6.35. The molecule has 1 unspecified atom stereocenters. The third-order valence-electron chi connectivity index (χ3n) is 5.51. The summed E-state index contributed by atoms with van der Waals surface area (Å²) in [6.45, 7) is 2.29. The van der Waals surface area contributed by atoms with Crippen LogP contribution in [0.1, 0.15) is 24.8 Å². The molecule has 5 heteroatoms. The highest BCUT2D eigenvalue weighted by atomic mass is 32.2. The molecule has 3 heterocycles. The summed E-state index contributed by atoms with van der Waals surface area (Å²) in [6.07, 6.45) is 18.0. The van der Waals surface area contributed by atoms with E-state index in [1.54, 1.807) is 18.0 Å². The number of thioether (sulfide) groups is 1. The smallest absolute Gasteiger partial charge is 0.138 e. The van der Waals surface area contributed by atoms with Gasteiger partial charge < -0.3 is 20.7 Å². The van der Waals surface area contributed by atoms with Crippen LogP contribution in [0.25, 0.3) is 5.57 Å². The summed E-state index contributed by atoms with van der Waals surface area (Å²) in [5.74, 6) is 2.70. The Labute approximate surface area is 177 Å². The number of nitrogens with zero attached hydrogens (tertiary/aromatic N) is 1. The third-order valence-corrected chi connectivity index (χ3v) is 6.04. The summed E-state index contributed by atoms with van der Waals surface area (Å²) in [4.78, 5) is 2.49. The Morgan fingerprint density at radius 1 is 1.31 bits per heavy atom. The van der Waals surface area contributed by atoms with E-state index in [-0.39, 0.29) is 6.04 Å². The van der Waals surface area contributed by atoms with E-state index in [9.17, 15) is 0 Å². The van der Waals surface area contributed by atoms with E-state index in [1.807, 2.05) is 12.3 Å². The van der Waals surface area contributed by atoms with Crippen LogP contribution in [0.3, 0.4) is 0 Å². The minimum Gasteiger partial charge on any atom is -0.458 e. The number of hydrogen-bond donors (Lipinski definition) is 2. The number of benzene rings is 1. The fourth-order valence-electron chi connectivity index (χ4n) is 4.01. The SMILES string of the molecule is CSC/C=C\C(=C/N)C1=CC2NC=CC(c3cccc(N4CCCCC4)c3)=C2O1. The zero-order valence-corrected chi connectivity index (χ0v) is 17.8. The maximum atomic E-state index is 6.31. The maximum Gasteiger partial charge on any atom is 0.138 e. The number of piperidine rings is 1. The van der Waals surface area contributed by atoms with Crippen LogP contribution in [-0.2, 0) is 4.74 Å². The van der Waals surface area contributed by atoms with E-state index in [2.05, 4.69) is 59.0 Å². The molecule has 3 N–H and O–H groups in total. The van der Waals surface area contributed by atoms with Crippen molar-refractivity contribution in [2.75, 3.05) is 30.0 Å². The van der Waals surface area contributed by atoms with E-state index < -0.39 is 0 Å². The standard InChI is InChI=1S/C24H29N3OS/c1-29-14-6-8-19(17-25)23-16-22-24(28-23)21(10-11-26-22)18-7-5-9-20(15-18)27-12-3-2-4-13-27/h5-11,15-17,22,26H,2-4,12-14,25H2,1H3/b8-6-,19-17+. The first kappa shape index (κ1) is 19.8. The third kappa shape index (κ3) is 4.40. The van der Waals surface area contributed by atoms with E-state index in [1.165, 1.54) is 30.5 Å². The molecule has 1 atom stereocenters. The lowest BCUT2D eigenvalue weighted by atomic mass is 9.98. The molecule has 0 saturated carbocycles. The molecule has 0 aliphatic carbocycles. The highest BCUT2D eigenvalue weighted by molar-refractivity contribution is 7.98. The minimum atomic E-state index is 0.0348. The van der Waals surface area contributed by atoms with E-state index in [0.717, 1.165) is 41.5 Å². The zero-order chi connectivity index (χ0) is 20.1. The predicted octanol–water partition coefficient (Wildman–Crippen LogP) is 4.55. The lowest BCUT2D eigenvalue weighted by Crippen LogP contribution is -2.29. The van der Waals surface area contributed by atoms with Crippen molar-refractivity contribution in [3.05, 3.63) is 83.6 Å². The van der Waals surface area contributed by atoms with Crippen molar-refractivity contribution in [1.82, 2.24) is 5.32 Å². The van der Waals surface area contributed by atoms with Crippen molar-refractivity contribution in [1.29, 1.82) is 0 Å². The average Bonchev–Trinajstić information content (AvgIpc) is 3.21. The van der Waals surface area contributed by atoms with Gasteiger partial charge in [-0.15, -0.1) is 0 Å². The quantitative estimate of drug-likeness (QED) is 0.678. The van der Waals surface area contributed by atoms with Crippen LogP contribution in [0.2, 0.25) is 0 Å². The van der Waals surface area contributed by atoms with Crippen LogP contribution in [0.4, 0.5) is 5.69 Å². The number of nitrogens with one attached hydrogen (secondary N) is 1. The number of ether oxygens (including phenoxy) is 1. The monoisotopic (exact) mass is 407 g/mol. The molecule has 0 spiro atoms. The molecule has 152 valence electrons. The Morgan fingerprint density at radius 2 is 2.17 bits per heavy atom. The number of allylic oxidation sites excluding steroid dienone is 3. The first-order chi connectivity index (χ1) is 14.3. The molecule has 0 amide bonds. The number of dihydropyridines is 1. The fraction of sp³-hybridized carbons (Fsp3) is 0.333. The number of fused-ring (bicyclic) bond motifs is 1. The molecule has 3 aliphatic heterocycles. The normalized spacial score (nSPS) is 21.8. The molecule has 29 heavy (non-hydrogen) atoms. The Bertz CT molecular complexity index is 891. The largest absolute Gasteiger partial charge is 0.458 e. The van der Waals surface area contributed by atoms with Crippen molar-refractivity contribution in [2.45, 2.75) is 25.3 Å². The average molecular weight is 408 g/mol. The van der Waals surface area contributed by atoms with Gasteiger partial charge in [0.15, 0.2) is 0 Å². The maximum absolute atomic E-state index is 6.31. The Hall–Kier alpha value is -2.53. The summed E-state index contributed by atoms with van der Waals surface area (Å²) >= 11 is 1.78. The Morgan fingerprint density at radius 3 is 2.97 bits per heavy atom. The van der Waals surface area contributed by atoms with Gasteiger partial charge in [0.05, 0.1) is 0 Å². The zero-order valence-electron chi connectivity index (χ0n) is 16.9. The summed E-state index contributed by atoms with van der Waals surface area (Å²) in [6, 6.07) is 8.86. The molecular weight excluding hydrogens is 378 g/mol. The number of hydrogen-bond acceptors (Lipinski definition) is 5. The molecule has 0 bridgehead atoms. The van der Waals surface area contributed by atoms with E-state index >= 15 is 0 Å². The highest BCUT2D eigenvalue weighted by Crippen LogP contribution is 2.36. The Balaban J connectivity index is 1.60. The first-order valence-corrected chi connectivity index (χ1v) is 11.7. The van der Waals surface area contributed by atoms with E-state index in [0.29, 0.717) is 0 Å². The molecule has 0 aromatic heterocycles. The number of nitrogens with two attached hydrogens (primary N) is 1. The van der Waals surface area contributed by atoms with Crippen LogP contribution in [-0.4, -0.2) is 31.1 Å². The first-order valence-electron chi connectivity index (χ1n) is 10.3. The van der Waals surface area contributed by atoms with E-state index in [4.69, 9.17) is 10.5 Å². The van der Waals surface area contributed by atoms with Crippen molar-refractivity contribution >= 4 is 23.0 Å². The van der Waals surface area contributed by atoms with Crippen LogP contribution >= 0.6 is 11.8 Å². The summed E-state index contributed by atoms with van der Waals surface area (Å²) in [5.41, 5.74) is 10.4. The van der Waals surface area contributed by atoms with Gasteiger partial charge in [-0.2, -0.15) is 11.8 Å². The summed E-state index contributed by atoms with van der Waals surface area (Å²) in [5, 5.41) is 3.39. The van der Waals surface area contributed by atoms with Gasteiger partial charge in [0, 0.05) is 41.9 Å². The molecule has 1 aromatic rings. The van der Waals surface area contributed by atoms with Gasteiger partial charge in [0.1, 0.15) is 17.6 Å². The second kappa shape index (κ2) is 9.31. The predicted molar refractivity (Wildman–Crippen MR) is 124 cm³/mol.